The highest BCUT2D eigenvalue weighted by atomic mass is 35.5. The van der Waals surface area contributed by atoms with E-state index in [-0.39, 0.29) is 11.9 Å². The number of hydrazine groups is 1. The lowest BCUT2D eigenvalue weighted by Gasteiger charge is -2.14. The Morgan fingerprint density at radius 2 is 2.17 bits per heavy atom. The van der Waals surface area contributed by atoms with Gasteiger partial charge in [0.15, 0.2) is 0 Å². The van der Waals surface area contributed by atoms with Gasteiger partial charge in [0.25, 0.3) is 0 Å². The van der Waals surface area contributed by atoms with Crippen molar-refractivity contribution >= 4 is 11.6 Å². The van der Waals surface area contributed by atoms with Gasteiger partial charge < -0.3 is 5.01 Å². The summed E-state index contributed by atoms with van der Waals surface area (Å²) in [5.74, 6) is -0.171. The van der Waals surface area contributed by atoms with Gasteiger partial charge in [-0.15, -0.1) is 11.6 Å². The van der Waals surface area contributed by atoms with Crippen LogP contribution in [0.25, 0.3) is 0 Å². The van der Waals surface area contributed by atoms with Gasteiger partial charge in [0.2, 0.25) is 0 Å². The lowest BCUT2D eigenvalue weighted by atomic mass is 10.1. The molecule has 0 atom stereocenters. The number of hydrogen-bond donors (Lipinski definition) is 1. The van der Waals surface area contributed by atoms with Crippen LogP contribution in [0.3, 0.4) is 0 Å². The second-order valence-electron chi connectivity index (χ2n) is 2.38. The van der Waals surface area contributed by atoms with E-state index in [0.717, 1.165) is 6.20 Å². The van der Waals surface area contributed by atoms with Gasteiger partial charge in [-0.1, -0.05) is 0 Å². The summed E-state index contributed by atoms with van der Waals surface area (Å²) in [6.07, 6.45) is -3.36. The Bertz CT molecular complexity index is 201. The standard InChI is InChI=1S/C6H7ClF3N2/c1-12-3-4(6(8,9)10)5(2-7)11-12/h3,11H,2H2,1H3. The fraction of sp³-hybridized carbons (Fsp3) is 0.500. The molecule has 0 fully saturated rings. The van der Waals surface area contributed by atoms with E-state index in [1.165, 1.54) is 12.1 Å². The SMILES string of the molecule is CN1C=C(C(F)(F)F)[C](CCl)N1. The molecule has 1 heterocycles. The van der Waals surface area contributed by atoms with Crippen LogP contribution in [0.2, 0.25) is 0 Å². The molecule has 0 saturated heterocycles. The summed E-state index contributed by atoms with van der Waals surface area (Å²) < 4.78 is 36.5. The maximum Gasteiger partial charge on any atom is 0.416 e. The molecule has 1 rings (SSSR count). The Kier molecular flexibility index (Phi) is 2.53. The molecular weight excluding hydrogens is 193 g/mol. The summed E-state index contributed by atoms with van der Waals surface area (Å²) in [4.78, 5) is 0. The van der Waals surface area contributed by atoms with Gasteiger partial charge in [-0.3, -0.25) is 0 Å². The van der Waals surface area contributed by atoms with Crippen molar-refractivity contribution in [1.82, 2.24) is 10.4 Å². The van der Waals surface area contributed by atoms with Gasteiger partial charge in [0.1, 0.15) is 6.04 Å². The van der Waals surface area contributed by atoms with Crippen LogP contribution in [-0.2, 0) is 0 Å². The summed E-state index contributed by atoms with van der Waals surface area (Å²) in [5.41, 5.74) is 1.76. The zero-order valence-corrected chi connectivity index (χ0v) is 7.00. The molecule has 1 radical (unpaired) electrons. The minimum Gasteiger partial charge on any atom is -0.317 e. The first kappa shape index (κ1) is 9.67. The van der Waals surface area contributed by atoms with Crippen LogP contribution in [0.15, 0.2) is 11.8 Å². The smallest absolute Gasteiger partial charge is 0.317 e. The lowest BCUT2D eigenvalue weighted by Crippen LogP contribution is -2.30. The van der Waals surface area contributed by atoms with E-state index in [2.05, 4.69) is 5.43 Å². The third kappa shape index (κ3) is 1.84. The minimum atomic E-state index is -4.33. The summed E-state index contributed by atoms with van der Waals surface area (Å²) in [7, 11) is 1.48. The monoisotopic (exact) mass is 199 g/mol. The van der Waals surface area contributed by atoms with Crippen LogP contribution >= 0.6 is 11.6 Å². The zero-order valence-electron chi connectivity index (χ0n) is 6.24. The Balaban J connectivity index is 2.80. The van der Waals surface area contributed by atoms with Crippen molar-refractivity contribution in [2.45, 2.75) is 6.18 Å². The Morgan fingerprint density at radius 3 is 2.50 bits per heavy atom. The van der Waals surface area contributed by atoms with Gasteiger partial charge in [-0.2, -0.15) is 13.2 Å². The molecule has 0 saturated carbocycles. The van der Waals surface area contributed by atoms with Crippen molar-refractivity contribution in [3.63, 3.8) is 0 Å². The quantitative estimate of drug-likeness (QED) is 0.646. The van der Waals surface area contributed by atoms with E-state index in [9.17, 15) is 13.2 Å². The van der Waals surface area contributed by atoms with E-state index in [1.807, 2.05) is 0 Å². The molecule has 0 unspecified atom stereocenters. The molecule has 1 aliphatic heterocycles. The number of rotatable bonds is 1. The average Bonchev–Trinajstić information content (AvgIpc) is 2.29. The third-order valence-electron chi connectivity index (χ3n) is 1.40. The van der Waals surface area contributed by atoms with Crippen LogP contribution in [0.5, 0.6) is 0 Å². The fourth-order valence-electron chi connectivity index (χ4n) is 0.923. The molecule has 0 bridgehead atoms. The fourth-order valence-corrected chi connectivity index (χ4v) is 1.13. The highest BCUT2D eigenvalue weighted by Crippen LogP contribution is 2.34. The number of nitrogens with zero attached hydrogens (tertiary/aromatic N) is 1. The van der Waals surface area contributed by atoms with E-state index < -0.39 is 11.7 Å². The molecule has 0 aliphatic carbocycles. The molecule has 12 heavy (non-hydrogen) atoms. The first-order chi connectivity index (χ1) is 5.45. The first-order valence-corrected chi connectivity index (χ1v) is 3.69. The number of alkyl halides is 4. The highest BCUT2D eigenvalue weighted by molar-refractivity contribution is 6.19. The van der Waals surface area contributed by atoms with Crippen LogP contribution < -0.4 is 5.43 Å². The largest absolute Gasteiger partial charge is 0.416 e. The molecule has 0 aromatic heterocycles. The summed E-state index contributed by atoms with van der Waals surface area (Å²) in [6.45, 7) is 0. The maximum absolute atomic E-state index is 12.2. The Morgan fingerprint density at radius 1 is 1.58 bits per heavy atom. The van der Waals surface area contributed by atoms with Crippen LogP contribution in [0, 0.1) is 6.04 Å². The molecule has 69 valence electrons. The molecule has 0 amide bonds. The molecule has 1 aliphatic rings. The third-order valence-corrected chi connectivity index (χ3v) is 1.67. The van der Waals surface area contributed by atoms with E-state index in [1.54, 1.807) is 0 Å². The van der Waals surface area contributed by atoms with E-state index in [4.69, 9.17) is 11.6 Å². The van der Waals surface area contributed by atoms with Gasteiger partial charge >= 0.3 is 6.18 Å². The van der Waals surface area contributed by atoms with Crippen LogP contribution in [0.1, 0.15) is 0 Å². The van der Waals surface area contributed by atoms with Crippen LogP contribution in [-0.4, -0.2) is 24.1 Å². The molecular formula is C6H7ClF3N2. The summed E-state index contributed by atoms with van der Waals surface area (Å²) >= 11 is 5.31. The normalized spacial score (nSPS) is 20.1. The number of halogens is 4. The van der Waals surface area contributed by atoms with E-state index >= 15 is 0 Å². The zero-order chi connectivity index (χ0) is 9.35. The van der Waals surface area contributed by atoms with Gasteiger partial charge in [0, 0.05) is 19.1 Å². The molecule has 0 spiro atoms. The molecule has 6 heteroatoms. The van der Waals surface area contributed by atoms with Gasteiger partial charge in [-0.05, 0) is 0 Å². The lowest BCUT2D eigenvalue weighted by molar-refractivity contribution is -0.0912. The predicted octanol–water partition coefficient (Wildman–Crippen LogP) is 1.65. The second kappa shape index (κ2) is 3.14. The first-order valence-electron chi connectivity index (χ1n) is 3.16. The number of hydrogen-bond acceptors (Lipinski definition) is 2. The summed E-state index contributed by atoms with van der Waals surface area (Å²) in [6, 6.07) is -0.00772. The molecule has 0 aromatic carbocycles. The molecule has 0 aromatic rings. The van der Waals surface area contributed by atoms with Crippen molar-refractivity contribution in [2.75, 3.05) is 12.9 Å². The molecule has 2 nitrogen and oxygen atoms in total. The molecule has 1 N–H and O–H groups in total. The highest BCUT2D eigenvalue weighted by Gasteiger charge is 2.42. The Hall–Kier alpha value is -0.420. The topological polar surface area (TPSA) is 15.3 Å². The van der Waals surface area contributed by atoms with Crippen molar-refractivity contribution in [3.8, 4) is 0 Å². The van der Waals surface area contributed by atoms with E-state index in [0.29, 0.717) is 0 Å². The minimum absolute atomic E-state index is 0.00772. The predicted molar refractivity (Wildman–Crippen MR) is 39.0 cm³/mol. The van der Waals surface area contributed by atoms with Gasteiger partial charge in [0.05, 0.1) is 5.57 Å². The second-order valence-corrected chi connectivity index (χ2v) is 2.64. The van der Waals surface area contributed by atoms with Crippen molar-refractivity contribution < 1.29 is 13.2 Å². The Labute approximate surface area is 72.9 Å². The maximum atomic E-state index is 12.2. The van der Waals surface area contributed by atoms with Crippen LogP contribution in [0.4, 0.5) is 13.2 Å². The van der Waals surface area contributed by atoms with Crippen molar-refractivity contribution in [2.24, 2.45) is 0 Å². The van der Waals surface area contributed by atoms with Crippen molar-refractivity contribution in [1.29, 1.82) is 0 Å². The van der Waals surface area contributed by atoms with Gasteiger partial charge in [-0.25, -0.2) is 5.43 Å². The van der Waals surface area contributed by atoms with Crippen molar-refractivity contribution in [3.05, 3.63) is 17.8 Å². The number of nitrogens with one attached hydrogen (secondary N) is 1. The average molecular weight is 200 g/mol. The summed E-state index contributed by atoms with van der Waals surface area (Å²) in [5, 5.41) is 1.22.